The standard InChI is InChI=1S/C12H19NO5S/c1-10-9-11(3-4-12(10)18-2)19(16,17)13(5-7-14)6-8-15/h3-4,9,14-15H,5-8H2,1-2H3. The van der Waals surface area contributed by atoms with Crippen molar-refractivity contribution >= 4 is 10.0 Å². The van der Waals surface area contributed by atoms with Gasteiger partial charge in [0.25, 0.3) is 0 Å². The van der Waals surface area contributed by atoms with E-state index >= 15 is 0 Å². The van der Waals surface area contributed by atoms with Gasteiger partial charge in [-0.2, -0.15) is 4.31 Å². The monoisotopic (exact) mass is 289 g/mol. The van der Waals surface area contributed by atoms with E-state index in [9.17, 15) is 8.42 Å². The van der Waals surface area contributed by atoms with Crippen molar-refractivity contribution in [3.63, 3.8) is 0 Å². The first-order chi connectivity index (χ1) is 8.97. The van der Waals surface area contributed by atoms with Crippen LogP contribution in [0.5, 0.6) is 5.75 Å². The molecule has 19 heavy (non-hydrogen) atoms. The number of methoxy groups -OCH3 is 1. The molecule has 0 spiro atoms. The number of hydrogen-bond donors (Lipinski definition) is 2. The van der Waals surface area contributed by atoms with E-state index < -0.39 is 10.0 Å². The maximum Gasteiger partial charge on any atom is 0.243 e. The van der Waals surface area contributed by atoms with E-state index in [1.807, 2.05) is 0 Å². The van der Waals surface area contributed by atoms with Gasteiger partial charge in [0.2, 0.25) is 10.0 Å². The van der Waals surface area contributed by atoms with E-state index in [0.29, 0.717) is 11.3 Å². The van der Waals surface area contributed by atoms with Crippen molar-refractivity contribution in [2.75, 3.05) is 33.4 Å². The van der Waals surface area contributed by atoms with Crippen LogP contribution in [0.3, 0.4) is 0 Å². The van der Waals surface area contributed by atoms with Crippen LogP contribution in [0.4, 0.5) is 0 Å². The summed E-state index contributed by atoms with van der Waals surface area (Å²) in [4.78, 5) is 0.118. The molecule has 0 fully saturated rings. The number of aliphatic hydroxyl groups is 2. The average Bonchev–Trinajstić information content (AvgIpc) is 2.38. The molecule has 2 N–H and O–H groups in total. The zero-order chi connectivity index (χ0) is 14.5. The summed E-state index contributed by atoms with van der Waals surface area (Å²) in [5.41, 5.74) is 0.705. The van der Waals surface area contributed by atoms with Crippen molar-refractivity contribution in [1.82, 2.24) is 4.31 Å². The minimum atomic E-state index is -3.72. The fraction of sp³-hybridized carbons (Fsp3) is 0.500. The molecule has 1 aromatic rings. The first-order valence-electron chi connectivity index (χ1n) is 5.84. The number of hydrogen-bond acceptors (Lipinski definition) is 5. The Morgan fingerprint density at radius 3 is 2.21 bits per heavy atom. The first-order valence-corrected chi connectivity index (χ1v) is 7.28. The van der Waals surface area contributed by atoms with Crippen LogP contribution in [-0.2, 0) is 10.0 Å². The van der Waals surface area contributed by atoms with Gasteiger partial charge in [0, 0.05) is 13.1 Å². The molecule has 0 aliphatic rings. The van der Waals surface area contributed by atoms with Crippen molar-refractivity contribution in [3.05, 3.63) is 23.8 Å². The lowest BCUT2D eigenvalue weighted by Crippen LogP contribution is -2.35. The number of rotatable bonds is 7. The predicted octanol–water partition coefficient (Wildman–Crippen LogP) is -0.0211. The Morgan fingerprint density at radius 1 is 1.21 bits per heavy atom. The van der Waals surface area contributed by atoms with Crippen molar-refractivity contribution in [3.8, 4) is 5.75 Å². The van der Waals surface area contributed by atoms with E-state index in [0.717, 1.165) is 4.31 Å². The van der Waals surface area contributed by atoms with Crippen LogP contribution in [0.15, 0.2) is 23.1 Å². The molecule has 0 unspecified atom stereocenters. The lowest BCUT2D eigenvalue weighted by molar-refractivity contribution is 0.217. The zero-order valence-corrected chi connectivity index (χ0v) is 11.9. The minimum Gasteiger partial charge on any atom is -0.496 e. The topological polar surface area (TPSA) is 87.1 Å². The summed E-state index contributed by atoms with van der Waals surface area (Å²) < 4.78 is 30.8. The summed E-state index contributed by atoms with van der Waals surface area (Å²) in [6.07, 6.45) is 0. The highest BCUT2D eigenvalue weighted by Crippen LogP contribution is 2.23. The quantitative estimate of drug-likeness (QED) is 0.736. The fourth-order valence-corrected chi connectivity index (χ4v) is 3.24. The molecule has 1 rings (SSSR count). The molecule has 0 amide bonds. The first kappa shape index (κ1) is 15.9. The van der Waals surface area contributed by atoms with Crippen LogP contribution in [-0.4, -0.2) is 56.3 Å². The summed E-state index contributed by atoms with van der Waals surface area (Å²) in [6, 6.07) is 4.54. The normalized spacial score (nSPS) is 11.8. The van der Waals surface area contributed by atoms with E-state index in [2.05, 4.69) is 0 Å². The molecule has 0 atom stereocenters. The van der Waals surface area contributed by atoms with Gasteiger partial charge >= 0.3 is 0 Å². The van der Waals surface area contributed by atoms with Gasteiger partial charge in [-0.25, -0.2) is 8.42 Å². The van der Waals surface area contributed by atoms with E-state index in [1.165, 1.54) is 19.2 Å². The lowest BCUT2D eigenvalue weighted by atomic mass is 10.2. The second kappa shape index (κ2) is 6.85. The number of ether oxygens (including phenoxy) is 1. The Labute approximate surface area is 113 Å². The molecule has 1 aromatic carbocycles. The van der Waals surface area contributed by atoms with Crippen LogP contribution in [0.25, 0.3) is 0 Å². The number of aryl methyl sites for hydroxylation is 1. The van der Waals surface area contributed by atoms with Gasteiger partial charge in [-0.1, -0.05) is 0 Å². The zero-order valence-electron chi connectivity index (χ0n) is 11.0. The van der Waals surface area contributed by atoms with Gasteiger partial charge in [-0.15, -0.1) is 0 Å². The van der Waals surface area contributed by atoms with Crippen molar-refractivity contribution in [1.29, 1.82) is 0 Å². The Kier molecular flexibility index (Phi) is 5.74. The molecule has 0 aliphatic heterocycles. The van der Waals surface area contributed by atoms with E-state index in [-0.39, 0.29) is 31.2 Å². The molecule has 0 heterocycles. The smallest absolute Gasteiger partial charge is 0.243 e. The van der Waals surface area contributed by atoms with Crippen molar-refractivity contribution < 1.29 is 23.4 Å². The fourth-order valence-electron chi connectivity index (χ4n) is 1.74. The number of nitrogens with zero attached hydrogens (tertiary/aromatic N) is 1. The van der Waals surface area contributed by atoms with Crippen molar-refractivity contribution in [2.24, 2.45) is 0 Å². The van der Waals surface area contributed by atoms with Gasteiger partial charge in [0.05, 0.1) is 25.2 Å². The average molecular weight is 289 g/mol. The van der Waals surface area contributed by atoms with Gasteiger partial charge in [-0.05, 0) is 30.7 Å². The lowest BCUT2D eigenvalue weighted by Gasteiger charge is -2.20. The second-order valence-electron chi connectivity index (χ2n) is 3.98. The summed E-state index contributed by atoms with van der Waals surface area (Å²) >= 11 is 0. The molecule has 7 heteroatoms. The minimum absolute atomic E-state index is 0.0476. The summed E-state index contributed by atoms with van der Waals surface area (Å²) in [5, 5.41) is 17.8. The molecule has 0 saturated carbocycles. The van der Waals surface area contributed by atoms with Gasteiger partial charge in [0.1, 0.15) is 5.75 Å². The highest BCUT2D eigenvalue weighted by molar-refractivity contribution is 7.89. The van der Waals surface area contributed by atoms with Crippen LogP contribution >= 0.6 is 0 Å². The summed E-state index contributed by atoms with van der Waals surface area (Å²) in [5.74, 6) is 0.606. The van der Waals surface area contributed by atoms with Crippen LogP contribution < -0.4 is 4.74 Å². The largest absolute Gasteiger partial charge is 0.496 e. The van der Waals surface area contributed by atoms with E-state index in [4.69, 9.17) is 14.9 Å². The Hall–Kier alpha value is -1.15. The molecular formula is C12H19NO5S. The van der Waals surface area contributed by atoms with E-state index in [1.54, 1.807) is 13.0 Å². The molecule has 0 saturated heterocycles. The third-order valence-corrected chi connectivity index (χ3v) is 4.60. The molecule has 108 valence electrons. The number of sulfonamides is 1. The third kappa shape index (κ3) is 3.66. The predicted molar refractivity (Wildman–Crippen MR) is 70.7 cm³/mol. The second-order valence-corrected chi connectivity index (χ2v) is 5.92. The van der Waals surface area contributed by atoms with Gasteiger partial charge in [-0.3, -0.25) is 0 Å². The van der Waals surface area contributed by atoms with Gasteiger partial charge < -0.3 is 14.9 Å². The highest BCUT2D eigenvalue weighted by Gasteiger charge is 2.24. The molecule has 0 aromatic heterocycles. The summed E-state index contributed by atoms with van der Waals surface area (Å²) in [7, 11) is -2.20. The molecule has 0 aliphatic carbocycles. The maximum absolute atomic E-state index is 12.3. The summed E-state index contributed by atoms with van der Waals surface area (Å²) in [6.45, 7) is 1.06. The SMILES string of the molecule is COc1ccc(S(=O)(=O)N(CCO)CCO)cc1C. The van der Waals surface area contributed by atoms with Crippen LogP contribution in [0.1, 0.15) is 5.56 Å². The molecule has 0 radical (unpaired) electrons. The number of benzene rings is 1. The maximum atomic E-state index is 12.3. The molecule has 6 nitrogen and oxygen atoms in total. The van der Waals surface area contributed by atoms with Crippen LogP contribution in [0, 0.1) is 6.92 Å². The Bertz CT molecular complexity index is 509. The Balaban J connectivity index is 3.14. The molecule has 0 bridgehead atoms. The van der Waals surface area contributed by atoms with Crippen molar-refractivity contribution in [2.45, 2.75) is 11.8 Å². The van der Waals surface area contributed by atoms with Crippen LogP contribution in [0.2, 0.25) is 0 Å². The molecular weight excluding hydrogens is 270 g/mol. The Morgan fingerprint density at radius 2 is 1.79 bits per heavy atom. The highest BCUT2D eigenvalue weighted by atomic mass is 32.2. The number of aliphatic hydroxyl groups excluding tert-OH is 2. The third-order valence-electron chi connectivity index (χ3n) is 2.70. The van der Waals surface area contributed by atoms with Gasteiger partial charge in [0.15, 0.2) is 0 Å².